The summed E-state index contributed by atoms with van der Waals surface area (Å²) in [4.78, 5) is 12.6. The zero-order valence-electron chi connectivity index (χ0n) is 12.7. The smallest absolute Gasteiger partial charge is 0.338 e. The average Bonchev–Trinajstić information content (AvgIpc) is 3.00. The number of fused-ring (bicyclic) bond motifs is 4. The van der Waals surface area contributed by atoms with Gasteiger partial charge in [-0.25, -0.2) is 4.79 Å². The summed E-state index contributed by atoms with van der Waals surface area (Å²) in [6, 6.07) is 6.09. The summed E-state index contributed by atoms with van der Waals surface area (Å²) in [5, 5.41) is 0. The van der Waals surface area contributed by atoms with Gasteiger partial charge in [0.2, 0.25) is 0 Å². The van der Waals surface area contributed by atoms with Crippen molar-refractivity contribution in [2.45, 2.75) is 44.9 Å². The van der Waals surface area contributed by atoms with E-state index in [1.165, 1.54) is 44.1 Å². The molecule has 3 fully saturated rings. The molecule has 5 rings (SSSR count). The van der Waals surface area contributed by atoms with Crippen LogP contribution < -0.4 is 0 Å². The third-order valence-corrected chi connectivity index (χ3v) is 6.53. The van der Waals surface area contributed by atoms with E-state index < -0.39 is 0 Å². The Kier molecular flexibility index (Phi) is 3.64. The number of hydrogen-bond donors (Lipinski definition) is 0. The second-order valence-electron chi connectivity index (χ2n) is 7.15. The van der Waals surface area contributed by atoms with Gasteiger partial charge in [-0.2, -0.15) is 0 Å². The molecule has 0 aromatic heterocycles. The molecule has 22 heavy (non-hydrogen) atoms. The van der Waals surface area contributed by atoms with Gasteiger partial charge >= 0.3 is 5.97 Å². The van der Waals surface area contributed by atoms with Crippen LogP contribution in [0, 0.1) is 11.3 Å². The molecule has 1 aromatic carbocycles. The van der Waals surface area contributed by atoms with E-state index in [2.05, 4.69) is 22.0 Å². The van der Waals surface area contributed by atoms with Crippen LogP contribution in [0.4, 0.5) is 0 Å². The average molecular weight is 361 g/mol. The Balaban J connectivity index is 1.46. The number of hydrogen-bond acceptors (Lipinski definition) is 2. The first-order chi connectivity index (χ1) is 10.7. The molecule has 3 heteroatoms. The number of carbonyl (C=O) groups excluding carboxylic acids is 1. The van der Waals surface area contributed by atoms with Crippen molar-refractivity contribution in [2.75, 3.05) is 6.61 Å². The molecular formula is C19H21BrO2. The molecule has 2 nitrogen and oxygen atoms in total. The third kappa shape index (κ3) is 2.44. The first-order valence-electron chi connectivity index (χ1n) is 8.32. The van der Waals surface area contributed by atoms with E-state index >= 15 is 0 Å². The van der Waals surface area contributed by atoms with Crippen LogP contribution in [0.25, 0.3) is 5.57 Å². The monoisotopic (exact) mass is 360 g/mol. The first-order valence-corrected chi connectivity index (χ1v) is 9.11. The Labute approximate surface area is 140 Å². The van der Waals surface area contributed by atoms with Crippen molar-refractivity contribution in [1.29, 1.82) is 0 Å². The molecule has 0 atom stereocenters. The normalized spacial score (nSPS) is 29.1. The molecule has 3 saturated carbocycles. The Morgan fingerprint density at radius 3 is 2.68 bits per heavy atom. The van der Waals surface area contributed by atoms with E-state index in [-0.39, 0.29) is 11.4 Å². The largest absolute Gasteiger partial charge is 0.461 e. The van der Waals surface area contributed by atoms with Gasteiger partial charge in [0, 0.05) is 15.5 Å². The van der Waals surface area contributed by atoms with Gasteiger partial charge in [-0.3, -0.25) is 0 Å². The van der Waals surface area contributed by atoms with Gasteiger partial charge in [-0.15, -0.1) is 0 Å². The molecule has 0 spiro atoms. The van der Waals surface area contributed by atoms with Crippen LogP contribution in [-0.4, -0.2) is 12.6 Å². The minimum atomic E-state index is -0.146. The SMILES string of the molecule is O=C(OCC12CCC(CC1)CC2)C1=CCc2cccc(Br)c21. The fourth-order valence-electron chi connectivity index (χ4n) is 4.39. The summed E-state index contributed by atoms with van der Waals surface area (Å²) in [6.07, 6.45) is 10.5. The lowest BCUT2D eigenvalue weighted by Crippen LogP contribution is -2.38. The minimum Gasteiger partial charge on any atom is -0.461 e. The van der Waals surface area contributed by atoms with E-state index in [0.29, 0.717) is 6.61 Å². The van der Waals surface area contributed by atoms with Crippen molar-refractivity contribution in [3.63, 3.8) is 0 Å². The van der Waals surface area contributed by atoms with E-state index in [0.717, 1.165) is 27.9 Å². The summed E-state index contributed by atoms with van der Waals surface area (Å²) >= 11 is 3.57. The van der Waals surface area contributed by atoms with Crippen LogP contribution in [0.5, 0.6) is 0 Å². The number of carbonyl (C=O) groups is 1. The maximum absolute atomic E-state index is 12.6. The van der Waals surface area contributed by atoms with Crippen molar-refractivity contribution in [3.8, 4) is 0 Å². The van der Waals surface area contributed by atoms with Crippen molar-refractivity contribution >= 4 is 27.5 Å². The number of halogens is 1. The molecule has 4 aliphatic rings. The quantitative estimate of drug-likeness (QED) is 0.716. The van der Waals surface area contributed by atoms with Crippen molar-refractivity contribution < 1.29 is 9.53 Å². The molecular weight excluding hydrogens is 340 g/mol. The molecule has 0 amide bonds. The molecule has 0 heterocycles. The number of rotatable bonds is 3. The Morgan fingerprint density at radius 2 is 1.95 bits per heavy atom. The fourth-order valence-corrected chi connectivity index (χ4v) is 5.01. The Bertz CT molecular complexity index is 625. The van der Waals surface area contributed by atoms with Crippen LogP contribution in [-0.2, 0) is 16.0 Å². The van der Waals surface area contributed by atoms with Crippen LogP contribution in [0.2, 0.25) is 0 Å². The fraction of sp³-hybridized carbons (Fsp3) is 0.526. The van der Waals surface area contributed by atoms with Crippen molar-refractivity contribution in [1.82, 2.24) is 0 Å². The predicted octanol–water partition coefficient (Wildman–Crippen LogP) is 4.90. The zero-order chi connectivity index (χ0) is 15.2. The van der Waals surface area contributed by atoms with E-state index in [4.69, 9.17) is 4.74 Å². The van der Waals surface area contributed by atoms with Gasteiger partial charge in [0.1, 0.15) is 0 Å². The molecule has 0 unspecified atom stereocenters. The predicted molar refractivity (Wildman–Crippen MR) is 90.4 cm³/mol. The Morgan fingerprint density at radius 1 is 1.23 bits per heavy atom. The maximum atomic E-state index is 12.6. The lowest BCUT2D eigenvalue weighted by Gasteiger charge is -2.46. The second-order valence-corrected chi connectivity index (χ2v) is 8.01. The summed E-state index contributed by atoms with van der Waals surface area (Å²) in [6.45, 7) is 0.607. The van der Waals surface area contributed by atoms with Crippen LogP contribution in [0.3, 0.4) is 0 Å². The topological polar surface area (TPSA) is 26.3 Å². The van der Waals surface area contributed by atoms with Crippen LogP contribution >= 0.6 is 15.9 Å². The highest BCUT2D eigenvalue weighted by Crippen LogP contribution is 2.50. The Hall–Kier alpha value is -1.09. The summed E-state index contributed by atoms with van der Waals surface area (Å²) in [5.74, 6) is 0.797. The van der Waals surface area contributed by atoms with Gasteiger partial charge in [0.25, 0.3) is 0 Å². The van der Waals surface area contributed by atoms with Gasteiger partial charge < -0.3 is 4.74 Å². The van der Waals surface area contributed by atoms with Gasteiger partial charge in [-0.1, -0.05) is 34.1 Å². The molecule has 2 bridgehead atoms. The third-order valence-electron chi connectivity index (χ3n) is 5.87. The standard InChI is InChI=1S/C19H21BrO2/c20-16-3-1-2-14-4-5-15(17(14)16)18(21)22-12-19-9-6-13(7-10-19)8-11-19/h1-3,5,13H,4,6-12H2. The maximum Gasteiger partial charge on any atom is 0.338 e. The van der Waals surface area contributed by atoms with E-state index in [1.54, 1.807) is 0 Å². The van der Waals surface area contributed by atoms with Crippen molar-refractivity contribution in [2.24, 2.45) is 11.3 Å². The number of allylic oxidation sites excluding steroid dienone is 1. The van der Waals surface area contributed by atoms with Crippen LogP contribution in [0.15, 0.2) is 28.7 Å². The second kappa shape index (κ2) is 5.52. The molecule has 116 valence electrons. The molecule has 0 aliphatic heterocycles. The molecule has 0 radical (unpaired) electrons. The van der Waals surface area contributed by atoms with E-state index in [1.807, 2.05) is 18.2 Å². The lowest BCUT2D eigenvalue weighted by molar-refractivity contribution is -0.142. The highest BCUT2D eigenvalue weighted by Gasteiger charge is 2.41. The summed E-state index contributed by atoms with van der Waals surface area (Å²) in [5.41, 5.74) is 3.25. The first kappa shape index (κ1) is 14.5. The number of ether oxygens (including phenoxy) is 1. The highest BCUT2D eigenvalue weighted by molar-refractivity contribution is 9.10. The molecule has 0 saturated heterocycles. The molecule has 0 N–H and O–H groups in total. The summed E-state index contributed by atoms with van der Waals surface area (Å²) < 4.78 is 6.76. The molecule has 4 aliphatic carbocycles. The van der Waals surface area contributed by atoms with Gasteiger partial charge in [-0.05, 0) is 62.5 Å². The van der Waals surface area contributed by atoms with Gasteiger partial charge in [0.05, 0.1) is 12.2 Å². The van der Waals surface area contributed by atoms with E-state index in [9.17, 15) is 4.79 Å². The number of esters is 1. The summed E-state index contributed by atoms with van der Waals surface area (Å²) in [7, 11) is 0. The molecule has 1 aromatic rings. The zero-order valence-corrected chi connectivity index (χ0v) is 14.3. The van der Waals surface area contributed by atoms with Crippen molar-refractivity contribution in [3.05, 3.63) is 39.9 Å². The number of benzene rings is 1. The van der Waals surface area contributed by atoms with Crippen LogP contribution in [0.1, 0.15) is 49.7 Å². The highest BCUT2D eigenvalue weighted by atomic mass is 79.9. The van der Waals surface area contributed by atoms with Gasteiger partial charge in [0.15, 0.2) is 0 Å². The lowest BCUT2D eigenvalue weighted by atomic mass is 9.61. The minimum absolute atomic E-state index is 0.146.